The molecule has 0 atom stereocenters. The van der Waals surface area contributed by atoms with Gasteiger partial charge in [-0.25, -0.2) is 4.79 Å². The molecule has 0 saturated carbocycles. The molecule has 1 amide bonds. The van der Waals surface area contributed by atoms with E-state index in [1.807, 2.05) is 24.3 Å². The maximum absolute atomic E-state index is 11.4. The van der Waals surface area contributed by atoms with Gasteiger partial charge in [0.1, 0.15) is 0 Å². The Morgan fingerprint density at radius 3 is 2.56 bits per heavy atom. The normalized spacial score (nSPS) is 10.1. The van der Waals surface area contributed by atoms with Crippen molar-refractivity contribution < 1.29 is 14.3 Å². The van der Waals surface area contributed by atoms with Crippen LogP contribution in [0.25, 0.3) is 0 Å². The third-order valence-electron chi connectivity index (χ3n) is 2.53. The second kappa shape index (κ2) is 8.53. The fraction of sp³-hybridized carbons (Fsp3) is 0.500. The van der Waals surface area contributed by atoms with Gasteiger partial charge in [0.2, 0.25) is 0 Å². The van der Waals surface area contributed by atoms with Gasteiger partial charge in [0.15, 0.2) is 0 Å². The third kappa shape index (κ3) is 5.68. The lowest BCUT2D eigenvalue weighted by atomic mass is 10.1. The van der Waals surface area contributed by atoms with E-state index in [1.165, 1.54) is 5.56 Å². The van der Waals surface area contributed by atoms with Gasteiger partial charge in [0.05, 0.1) is 13.2 Å². The van der Waals surface area contributed by atoms with Crippen molar-refractivity contribution in [1.29, 1.82) is 0 Å². The molecule has 0 aliphatic carbocycles. The van der Waals surface area contributed by atoms with Crippen LogP contribution in [0.5, 0.6) is 0 Å². The Labute approximate surface area is 108 Å². The molecule has 1 aromatic carbocycles. The average Bonchev–Trinajstić information content (AvgIpc) is 2.38. The van der Waals surface area contributed by atoms with E-state index < -0.39 is 6.09 Å². The van der Waals surface area contributed by atoms with Crippen LogP contribution in [0.4, 0.5) is 10.5 Å². The number of carbonyl (C=O) groups excluding carboxylic acids is 1. The number of hydrogen-bond acceptors (Lipinski definition) is 3. The van der Waals surface area contributed by atoms with E-state index in [4.69, 9.17) is 9.47 Å². The Hall–Kier alpha value is -1.55. The highest BCUT2D eigenvalue weighted by Crippen LogP contribution is 2.10. The van der Waals surface area contributed by atoms with E-state index in [0.29, 0.717) is 13.2 Å². The van der Waals surface area contributed by atoms with Gasteiger partial charge in [-0.2, -0.15) is 0 Å². The standard InChI is InChI=1S/C14H21NO3/c1-3-4-10-18-14(16)15-13-7-5-12(6-8-13)9-11-17-2/h5-8H,3-4,9-11H2,1-2H3,(H,15,16). The molecule has 0 spiro atoms. The molecule has 0 heterocycles. The fourth-order valence-electron chi connectivity index (χ4n) is 1.44. The van der Waals surface area contributed by atoms with E-state index in [-0.39, 0.29) is 0 Å². The summed E-state index contributed by atoms with van der Waals surface area (Å²) in [7, 11) is 1.68. The zero-order valence-corrected chi connectivity index (χ0v) is 11.1. The van der Waals surface area contributed by atoms with Crippen LogP contribution in [0.2, 0.25) is 0 Å². The summed E-state index contributed by atoms with van der Waals surface area (Å²) in [5.74, 6) is 0. The fourth-order valence-corrected chi connectivity index (χ4v) is 1.44. The molecule has 4 heteroatoms. The van der Waals surface area contributed by atoms with Crippen LogP contribution < -0.4 is 5.32 Å². The highest BCUT2D eigenvalue weighted by Gasteiger charge is 2.02. The van der Waals surface area contributed by atoms with Crippen molar-refractivity contribution in [3.63, 3.8) is 0 Å². The Balaban J connectivity index is 2.35. The average molecular weight is 251 g/mol. The molecule has 1 N–H and O–H groups in total. The first-order valence-corrected chi connectivity index (χ1v) is 6.28. The summed E-state index contributed by atoms with van der Waals surface area (Å²) < 4.78 is 10.0. The molecule has 18 heavy (non-hydrogen) atoms. The van der Waals surface area contributed by atoms with Gasteiger partial charge in [0.25, 0.3) is 0 Å². The van der Waals surface area contributed by atoms with Gasteiger partial charge in [-0.1, -0.05) is 25.5 Å². The largest absolute Gasteiger partial charge is 0.449 e. The van der Waals surface area contributed by atoms with Crippen molar-refractivity contribution in [2.75, 3.05) is 25.6 Å². The second-order valence-electron chi connectivity index (χ2n) is 4.05. The molecule has 100 valence electrons. The summed E-state index contributed by atoms with van der Waals surface area (Å²) in [6, 6.07) is 7.68. The third-order valence-corrected chi connectivity index (χ3v) is 2.53. The number of amides is 1. The summed E-state index contributed by atoms with van der Waals surface area (Å²) in [5.41, 5.74) is 1.93. The minimum Gasteiger partial charge on any atom is -0.449 e. The number of ether oxygens (including phenoxy) is 2. The van der Waals surface area contributed by atoms with Crippen molar-refractivity contribution in [1.82, 2.24) is 0 Å². The van der Waals surface area contributed by atoms with Crippen LogP contribution >= 0.6 is 0 Å². The molecular formula is C14H21NO3. The Kier molecular flexibility index (Phi) is 6.87. The molecule has 0 unspecified atom stereocenters. The summed E-state index contributed by atoms with van der Waals surface area (Å²) in [5, 5.41) is 2.69. The first-order chi connectivity index (χ1) is 8.76. The van der Waals surface area contributed by atoms with Crippen molar-refractivity contribution in [2.24, 2.45) is 0 Å². The minimum atomic E-state index is -0.395. The van der Waals surface area contributed by atoms with Crippen LogP contribution in [-0.2, 0) is 15.9 Å². The predicted molar refractivity (Wildman–Crippen MR) is 71.9 cm³/mol. The lowest BCUT2D eigenvalue weighted by Gasteiger charge is -2.07. The Bertz CT molecular complexity index is 349. The van der Waals surface area contributed by atoms with Crippen LogP contribution in [0.15, 0.2) is 24.3 Å². The smallest absolute Gasteiger partial charge is 0.411 e. The van der Waals surface area contributed by atoms with Gasteiger partial charge >= 0.3 is 6.09 Å². The number of benzene rings is 1. The number of methoxy groups -OCH3 is 1. The number of rotatable bonds is 7. The van der Waals surface area contributed by atoms with Gasteiger partial charge in [-0.3, -0.25) is 5.32 Å². The van der Waals surface area contributed by atoms with Gasteiger partial charge in [-0.05, 0) is 30.5 Å². The summed E-state index contributed by atoms with van der Waals surface area (Å²) in [6.07, 6.45) is 2.39. The van der Waals surface area contributed by atoms with Crippen molar-refractivity contribution in [3.8, 4) is 0 Å². The van der Waals surface area contributed by atoms with Gasteiger partial charge in [-0.15, -0.1) is 0 Å². The van der Waals surface area contributed by atoms with Gasteiger partial charge in [0, 0.05) is 12.8 Å². The van der Waals surface area contributed by atoms with E-state index in [9.17, 15) is 4.79 Å². The minimum absolute atomic E-state index is 0.395. The molecule has 4 nitrogen and oxygen atoms in total. The SMILES string of the molecule is CCCCOC(=O)Nc1ccc(CCOC)cc1. The molecule has 0 aliphatic rings. The molecule has 0 fully saturated rings. The Morgan fingerprint density at radius 1 is 1.22 bits per heavy atom. The molecule has 0 saturated heterocycles. The highest BCUT2D eigenvalue weighted by atomic mass is 16.5. The molecule has 0 aromatic heterocycles. The zero-order chi connectivity index (χ0) is 13.2. The number of hydrogen-bond donors (Lipinski definition) is 1. The summed E-state index contributed by atoms with van der Waals surface area (Å²) >= 11 is 0. The summed E-state index contributed by atoms with van der Waals surface area (Å²) in [4.78, 5) is 11.4. The Morgan fingerprint density at radius 2 is 1.94 bits per heavy atom. The lowest BCUT2D eigenvalue weighted by Crippen LogP contribution is -2.14. The number of nitrogens with one attached hydrogen (secondary N) is 1. The molecular weight excluding hydrogens is 230 g/mol. The molecule has 1 aromatic rings. The van der Waals surface area contributed by atoms with E-state index >= 15 is 0 Å². The molecule has 0 bridgehead atoms. The number of unbranched alkanes of at least 4 members (excludes halogenated alkanes) is 1. The molecule has 0 aliphatic heterocycles. The van der Waals surface area contributed by atoms with E-state index in [2.05, 4.69) is 12.2 Å². The first kappa shape index (κ1) is 14.5. The van der Waals surface area contributed by atoms with Crippen molar-refractivity contribution >= 4 is 11.8 Å². The quantitative estimate of drug-likeness (QED) is 0.757. The first-order valence-electron chi connectivity index (χ1n) is 6.28. The van der Waals surface area contributed by atoms with Crippen LogP contribution in [0.3, 0.4) is 0 Å². The van der Waals surface area contributed by atoms with E-state index in [1.54, 1.807) is 7.11 Å². The van der Waals surface area contributed by atoms with Crippen molar-refractivity contribution in [2.45, 2.75) is 26.2 Å². The second-order valence-corrected chi connectivity index (χ2v) is 4.05. The van der Waals surface area contributed by atoms with E-state index in [0.717, 1.165) is 24.9 Å². The predicted octanol–water partition coefficient (Wildman–Crippen LogP) is 3.22. The monoisotopic (exact) mass is 251 g/mol. The van der Waals surface area contributed by atoms with Crippen LogP contribution in [0, 0.1) is 0 Å². The lowest BCUT2D eigenvalue weighted by molar-refractivity contribution is 0.160. The number of carbonyl (C=O) groups is 1. The van der Waals surface area contributed by atoms with Crippen LogP contribution in [-0.4, -0.2) is 26.4 Å². The van der Waals surface area contributed by atoms with Crippen molar-refractivity contribution in [3.05, 3.63) is 29.8 Å². The summed E-state index contributed by atoms with van der Waals surface area (Å²) in [6.45, 7) is 3.22. The van der Waals surface area contributed by atoms with Crippen LogP contribution in [0.1, 0.15) is 25.3 Å². The maximum Gasteiger partial charge on any atom is 0.411 e. The highest BCUT2D eigenvalue weighted by molar-refractivity contribution is 5.84. The maximum atomic E-state index is 11.4. The molecule has 1 rings (SSSR count). The van der Waals surface area contributed by atoms with Gasteiger partial charge < -0.3 is 9.47 Å². The zero-order valence-electron chi connectivity index (χ0n) is 11.1. The molecule has 0 radical (unpaired) electrons. The number of anilines is 1. The topological polar surface area (TPSA) is 47.6 Å².